The number of methoxy groups -OCH3 is 1. The zero-order chi connectivity index (χ0) is 13.2. The average Bonchev–Trinajstić information content (AvgIpc) is 3.00. The average molecular weight is 278 g/mol. The van der Waals surface area contributed by atoms with E-state index in [0.29, 0.717) is 12.6 Å². The molecule has 0 saturated heterocycles. The molecule has 5 nitrogen and oxygen atoms in total. The molecule has 1 aliphatic rings. The number of ether oxygens (including phenoxy) is 1. The Kier molecular flexibility index (Phi) is 3.63. The summed E-state index contributed by atoms with van der Waals surface area (Å²) in [5, 5.41) is 4.50. The van der Waals surface area contributed by atoms with E-state index in [1.165, 1.54) is 17.7 Å². The van der Waals surface area contributed by atoms with Gasteiger partial charge in [-0.15, -0.1) is 11.3 Å². The summed E-state index contributed by atoms with van der Waals surface area (Å²) in [7, 11) is 3.69. The van der Waals surface area contributed by atoms with Gasteiger partial charge in [-0.05, 0) is 12.8 Å². The molecule has 0 spiro atoms. The molecule has 0 atom stereocenters. The van der Waals surface area contributed by atoms with Crippen LogP contribution in [0.15, 0.2) is 12.4 Å². The molecular weight excluding hydrogens is 260 g/mol. The second-order valence-corrected chi connectivity index (χ2v) is 5.92. The van der Waals surface area contributed by atoms with Crippen LogP contribution in [0.4, 0.5) is 0 Å². The number of hydrogen-bond donors (Lipinski definition) is 1. The van der Waals surface area contributed by atoms with E-state index in [0.717, 1.165) is 23.1 Å². The van der Waals surface area contributed by atoms with Crippen molar-refractivity contribution in [1.29, 1.82) is 0 Å². The van der Waals surface area contributed by atoms with Gasteiger partial charge in [0, 0.05) is 44.0 Å². The van der Waals surface area contributed by atoms with E-state index in [1.807, 2.05) is 17.8 Å². The number of nitrogens with one attached hydrogen (secondary N) is 1. The molecule has 1 N–H and O–H groups in total. The van der Waals surface area contributed by atoms with Crippen molar-refractivity contribution >= 4 is 11.3 Å². The van der Waals surface area contributed by atoms with Gasteiger partial charge in [0.1, 0.15) is 0 Å². The highest BCUT2D eigenvalue weighted by molar-refractivity contribution is 7.15. The summed E-state index contributed by atoms with van der Waals surface area (Å²) in [6.07, 6.45) is 6.33. The second kappa shape index (κ2) is 5.40. The zero-order valence-corrected chi connectivity index (χ0v) is 12.0. The van der Waals surface area contributed by atoms with E-state index in [4.69, 9.17) is 4.74 Å². The first-order chi connectivity index (χ1) is 9.28. The third kappa shape index (κ3) is 2.86. The van der Waals surface area contributed by atoms with Crippen LogP contribution >= 0.6 is 11.3 Å². The van der Waals surface area contributed by atoms with Gasteiger partial charge in [0.05, 0.1) is 12.3 Å². The van der Waals surface area contributed by atoms with Gasteiger partial charge in [0.25, 0.3) is 0 Å². The summed E-state index contributed by atoms with van der Waals surface area (Å²) < 4.78 is 7.23. The summed E-state index contributed by atoms with van der Waals surface area (Å²) in [5.41, 5.74) is 1.03. The van der Waals surface area contributed by atoms with Gasteiger partial charge in [-0.1, -0.05) is 0 Å². The predicted octanol–water partition coefficient (Wildman–Crippen LogP) is 1.94. The molecule has 0 aliphatic heterocycles. The fourth-order valence-corrected chi connectivity index (χ4v) is 3.02. The molecule has 102 valence electrons. The molecule has 2 heterocycles. The van der Waals surface area contributed by atoms with Crippen molar-refractivity contribution in [2.75, 3.05) is 7.11 Å². The highest BCUT2D eigenvalue weighted by Crippen LogP contribution is 2.28. The lowest BCUT2D eigenvalue weighted by atomic mass is 10.3. The van der Waals surface area contributed by atoms with Crippen LogP contribution in [0.2, 0.25) is 0 Å². The third-order valence-corrected chi connectivity index (χ3v) is 4.29. The van der Waals surface area contributed by atoms with Gasteiger partial charge >= 0.3 is 0 Å². The van der Waals surface area contributed by atoms with Crippen LogP contribution in [0.5, 0.6) is 0 Å². The van der Waals surface area contributed by atoms with E-state index in [2.05, 4.69) is 15.3 Å². The van der Waals surface area contributed by atoms with Crippen LogP contribution in [0.3, 0.4) is 0 Å². The first-order valence-corrected chi connectivity index (χ1v) is 7.28. The summed E-state index contributed by atoms with van der Waals surface area (Å²) >= 11 is 1.70. The summed E-state index contributed by atoms with van der Waals surface area (Å²) in [5.74, 6) is 0.917. The van der Waals surface area contributed by atoms with Crippen molar-refractivity contribution < 1.29 is 4.74 Å². The Balaban J connectivity index is 1.84. The fourth-order valence-electron chi connectivity index (χ4n) is 1.96. The largest absolute Gasteiger partial charge is 0.378 e. The smallest absolute Gasteiger partial charge is 0.168 e. The fraction of sp³-hybridized carbons (Fsp3) is 0.538. The van der Waals surface area contributed by atoms with Gasteiger partial charge in [0.15, 0.2) is 10.8 Å². The van der Waals surface area contributed by atoms with Crippen LogP contribution < -0.4 is 5.32 Å². The van der Waals surface area contributed by atoms with Crippen molar-refractivity contribution in [3.63, 3.8) is 0 Å². The van der Waals surface area contributed by atoms with Gasteiger partial charge in [0.2, 0.25) is 0 Å². The summed E-state index contributed by atoms with van der Waals surface area (Å²) in [6, 6.07) is 0.703. The molecule has 0 amide bonds. The van der Waals surface area contributed by atoms with Crippen LogP contribution in [-0.2, 0) is 24.9 Å². The molecule has 2 aromatic heterocycles. The highest BCUT2D eigenvalue weighted by Gasteiger charge is 2.22. The number of hydrogen-bond acceptors (Lipinski definition) is 5. The Morgan fingerprint density at radius 3 is 3.00 bits per heavy atom. The van der Waals surface area contributed by atoms with Crippen LogP contribution in [-0.4, -0.2) is 27.7 Å². The molecule has 1 saturated carbocycles. The van der Waals surface area contributed by atoms with E-state index in [-0.39, 0.29) is 0 Å². The lowest BCUT2D eigenvalue weighted by Gasteiger charge is -2.02. The maximum atomic E-state index is 5.24. The molecule has 1 fully saturated rings. The number of thiazole rings is 1. The normalized spacial score (nSPS) is 15.1. The Hall–Kier alpha value is -1.24. The minimum absolute atomic E-state index is 0.558. The van der Waals surface area contributed by atoms with E-state index < -0.39 is 0 Å². The molecule has 0 aromatic carbocycles. The van der Waals surface area contributed by atoms with E-state index in [9.17, 15) is 0 Å². The maximum absolute atomic E-state index is 5.24. The molecule has 0 bridgehead atoms. The lowest BCUT2D eigenvalue weighted by Crippen LogP contribution is -2.15. The Bertz CT molecular complexity index is 559. The Morgan fingerprint density at radius 2 is 2.37 bits per heavy atom. The van der Waals surface area contributed by atoms with Crippen LogP contribution in [0.25, 0.3) is 10.8 Å². The van der Waals surface area contributed by atoms with Gasteiger partial charge < -0.3 is 14.6 Å². The molecule has 0 radical (unpaired) electrons. The molecule has 0 unspecified atom stereocenters. The molecule has 6 heteroatoms. The van der Waals surface area contributed by atoms with Gasteiger partial charge in [-0.25, -0.2) is 9.97 Å². The number of aromatic nitrogens is 3. The minimum Gasteiger partial charge on any atom is -0.378 e. The molecule has 1 aliphatic carbocycles. The number of nitrogens with zero attached hydrogens (tertiary/aromatic N) is 3. The summed E-state index contributed by atoms with van der Waals surface area (Å²) in [4.78, 5) is 10.3. The van der Waals surface area contributed by atoms with Crippen molar-refractivity contribution in [3.8, 4) is 10.8 Å². The number of rotatable bonds is 6. The number of imidazole rings is 1. The molecule has 2 aromatic rings. The van der Waals surface area contributed by atoms with E-state index >= 15 is 0 Å². The standard InChI is InChI=1S/C13H18N4OS/c1-17-6-5-14-12(17)13-16-10(8-18-2)11(19-13)7-15-9-3-4-9/h5-6,9,15H,3-4,7-8H2,1-2H3. The van der Waals surface area contributed by atoms with Gasteiger partial charge in [-0.2, -0.15) is 0 Å². The first-order valence-electron chi connectivity index (χ1n) is 6.46. The van der Waals surface area contributed by atoms with Crippen molar-refractivity contribution in [3.05, 3.63) is 23.0 Å². The van der Waals surface area contributed by atoms with Crippen molar-refractivity contribution in [2.24, 2.45) is 7.05 Å². The third-order valence-electron chi connectivity index (χ3n) is 3.20. The maximum Gasteiger partial charge on any atom is 0.168 e. The predicted molar refractivity (Wildman–Crippen MR) is 74.9 cm³/mol. The molecule has 3 rings (SSSR count). The molecular formula is C13H18N4OS. The highest BCUT2D eigenvalue weighted by atomic mass is 32.1. The molecule has 19 heavy (non-hydrogen) atoms. The lowest BCUT2D eigenvalue weighted by molar-refractivity contribution is 0.181. The second-order valence-electron chi connectivity index (χ2n) is 4.84. The zero-order valence-electron chi connectivity index (χ0n) is 11.2. The summed E-state index contributed by atoms with van der Waals surface area (Å²) in [6.45, 7) is 1.44. The topological polar surface area (TPSA) is 52.0 Å². The van der Waals surface area contributed by atoms with Gasteiger partial charge in [-0.3, -0.25) is 0 Å². The monoisotopic (exact) mass is 278 g/mol. The van der Waals surface area contributed by atoms with E-state index in [1.54, 1.807) is 24.6 Å². The van der Waals surface area contributed by atoms with Crippen molar-refractivity contribution in [2.45, 2.75) is 32.0 Å². The van der Waals surface area contributed by atoms with Crippen LogP contribution in [0.1, 0.15) is 23.4 Å². The Labute approximate surface area is 116 Å². The minimum atomic E-state index is 0.558. The van der Waals surface area contributed by atoms with Crippen LogP contribution in [0, 0.1) is 0 Å². The quantitative estimate of drug-likeness (QED) is 0.877. The SMILES string of the molecule is COCc1nc(-c2nccn2C)sc1CNC1CC1. The Morgan fingerprint density at radius 1 is 1.53 bits per heavy atom. The number of aryl methyl sites for hydroxylation is 1. The van der Waals surface area contributed by atoms with Crippen molar-refractivity contribution in [1.82, 2.24) is 19.9 Å². The first kappa shape index (κ1) is 12.8.